The van der Waals surface area contributed by atoms with E-state index in [0.29, 0.717) is 30.2 Å². The first-order valence-electron chi connectivity index (χ1n) is 8.18. The zero-order chi connectivity index (χ0) is 17.1. The molecule has 128 valence electrons. The Morgan fingerprint density at radius 2 is 2.04 bits per heavy atom. The standard InChI is InChI=1S/C17H21N3O3S/c1-2-15(21)20-11-24-10-14(20)17(23)18-12-5-7-13(8-6-12)19-9-3-4-16(19)22/h5-8,14H,2-4,9-11H2,1H3,(H,18,23)/t14-/m1/s1. The van der Waals surface area contributed by atoms with Gasteiger partial charge in [0.05, 0.1) is 5.88 Å². The molecule has 2 heterocycles. The lowest BCUT2D eigenvalue weighted by atomic mass is 10.2. The van der Waals surface area contributed by atoms with Crippen molar-refractivity contribution in [1.29, 1.82) is 0 Å². The SMILES string of the molecule is CCC(=O)N1CSC[C@@H]1C(=O)Nc1ccc(N2CCCC2=O)cc1. The second kappa shape index (κ2) is 7.25. The number of anilines is 2. The van der Waals surface area contributed by atoms with Crippen molar-refractivity contribution in [3.63, 3.8) is 0 Å². The van der Waals surface area contributed by atoms with Gasteiger partial charge in [0.1, 0.15) is 6.04 Å². The van der Waals surface area contributed by atoms with Gasteiger partial charge in [0.15, 0.2) is 0 Å². The largest absolute Gasteiger partial charge is 0.324 e. The molecule has 0 radical (unpaired) electrons. The van der Waals surface area contributed by atoms with Gasteiger partial charge in [0.2, 0.25) is 17.7 Å². The third kappa shape index (κ3) is 3.40. The lowest BCUT2D eigenvalue weighted by Crippen LogP contribution is -2.44. The average Bonchev–Trinajstić information content (AvgIpc) is 3.24. The molecule has 1 N–H and O–H groups in total. The second-order valence-electron chi connectivity index (χ2n) is 5.92. The topological polar surface area (TPSA) is 69.7 Å². The molecular weight excluding hydrogens is 326 g/mol. The van der Waals surface area contributed by atoms with Crippen LogP contribution in [-0.2, 0) is 14.4 Å². The third-order valence-corrected chi connectivity index (χ3v) is 5.34. The van der Waals surface area contributed by atoms with Crippen molar-refractivity contribution in [3.05, 3.63) is 24.3 Å². The first-order valence-corrected chi connectivity index (χ1v) is 9.34. The van der Waals surface area contributed by atoms with Crippen LogP contribution in [0.25, 0.3) is 0 Å². The van der Waals surface area contributed by atoms with Crippen LogP contribution in [0.4, 0.5) is 11.4 Å². The van der Waals surface area contributed by atoms with E-state index in [1.165, 1.54) is 0 Å². The summed E-state index contributed by atoms with van der Waals surface area (Å²) in [6.07, 6.45) is 1.89. The Kier molecular flexibility index (Phi) is 5.08. The minimum absolute atomic E-state index is 0.00282. The molecule has 24 heavy (non-hydrogen) atoms. The Hall–Kier alpha value is -2.02. The Labute approximate surface area is 145 Å². The van der Waals surface area contributed by atoms with E-state index >= 15 is 0 Å². The van der Waals surface area contributed by atoms with Gasteiger partial charge in [0.25, 0.3) is 0 Å². The fourth-order valence-corrected chi connectivity index (χ4v) is 4.16. The molecule has 2 fully saturated rings. The molecule has 0 bridgehead atoms. The number of nitrogens with one attached hydrogen (secondary N) is 1. The molecule has 3 amide bonds. The molecule has 0 spiro atoms. The highest BCUT2D eigenvalue weighted by atomic mass is 32.2. The second-order valence-corrected chi connectivity index (χ2v) is 6.92. The summed E-state index contributed by atoms with van der Waals surface area (Å²) in [5.74, 6) is 1.18. The van der Waals surface area contributed by atoms with Crippen molar-refractivity contribution in [2.24, 2.45) is 0 Å². The predicted octanol–water partition coefficient (Wildman–Crippen LogP) is 2.06. The van der Waals surface area contributed by atoms with E-state index in [1.54, 1.807) is 40.6 Å². The van der Waals surface area contributed by atoms with Gasteiger partial charge in [-0.2, -0.15) is 0 Å². The van der Waals surface area contributed by atoms with Crippen LogP contribution in [0.1, 0.15) is 26.2 Å². The molecule has 2 saturated heterocycles. The van der Waals surface area contributed by atoms with Crippen LogP contribution in [0.3, 0.4) is 0 Å². The van der Waals surface area contributed by atoms with E-state index in [-0.39, 0.29) is 17.7 Å². The van der Waals surface area contributed by atoms with Crippen LogP contribution in [0, 0.1) is 0 Å². The fourth-order valence-electron chi connectivity index (χ4n) is 2.98. The van der Waals surface area contributed by atoms with Gasteiger partial charge in [-0.15, -0.1) is 11.8 Å². The lowest BCUT2D eigenvalue weighted by Gasteiger charge is -2.22. The Morgan fingerprint density at radius 1 is 1.29 bits per heavy atom. The summed E-state index contributed by atoms with van der Waals surface area (Å²) in [4.78, 5) is 39.5. The minimum Gasteiger partial charge on any atom is -0.324 e. The predicted molar refractivity (Wildman–Crippen MR) is 94.9 cm³/mol. The smallest absolute Gasteiger partial charge is 0.248 e. The maximum absolute atomic E-state index is 12.5. The van der Waals surface area contributed by atoms with Crippen molar-refractivity contribution in [3.8, 4) is 0 Å². The van der Waals surface area contributed by atoms with E-state index in [9.17, 15) is 14.4 Å². The molecule has 2 aliphatic heterocycles. The molecular formula is C17H21N3O3S. The van der Waals surface area contributed by atoms with Crippen LogP contribution >= 0.6 is 11.8 Å². The molecule has 0 saturated carbocycles. The van der Waals surface area contributed by atoms with Gasteiger partial charge in [0, 0.05) is 36.5 Å². The molecule has 1 aromatic rings. The van der Waals surface area contributed by atoms with Crippen LogP contribution in [0.15, 0.2) is 24.3 Å². The number of rotatable bonds is 4. The number of benzene rings is 1. The van der Waals surface area contributed by atoms with Crippen molar-refractivity contribution in [2.45, 2.75) is 32.2 Å². The van der Waals surface area contributed by atoms with Crippen LogP contribution in [0.5, 0.6) is 0 Å². The van der Waals surface area contributed by atoms with Crippen LogP contribution in [0.2, 0.25) is 0 Å². The number of thioether (sulfide) groups is 1. The first-order chi connectivity index (χ1) is 11.6. The van der Waals surface area contributed by atoms with E-state index in [1.807, 2.05) is 12.1 Å². The van der Waals surface area contributed by atoms with Crippen LogP contribution < -0.4 is 10.2 Å². The van der Waals surface area contributed by atoms with Gasteiger partial charge < -0.3 is 15.1 Å². The maximum atomic E-state index is 12.5. The fraction of sp³-hybridized carbons (Fsp3) is 0.471. The Morgan fingerprint density at radius 3 is 2.67 bits per heavy atom. The first kappa shape index (κ1) is 16.8. The normalized spacial score (nSPS) is 20.5. The summed E-state index contributed by atoms with van der Waals surface area (Å²) in [6.45, 7) is 2.55. The van der Waals surface area contributed by atoms with Crippen molar-refractivity contribution < 1.29 is 14.4 Å². The van der Waals surface area contributed by atoms with Crippen molar-refractivity contribution in [1.82, 2.24) is 4.90 Å². The summed E-state index contributed by atoms with van der Waals surface area (Å²) in [7, 11) is 0. The van der Waals surface area contributed by atoms with Crippen molar-refractivity contribution in [2.75, 3.05) is 28.4 Å². The molecule has 0 unspecified atom stereocenters. The molecule has 1 atom stereocenters. The van der Waals surface area contributed by atoms with Gasteiger partial charge in [-0.1, -0.05) is 6.92 Å². The Balaban J connectivity index is 1.64. The van der Waals surface area contributed by atoms with Gasteiger partial charge in [-0.05, 0) is 30.7 Å². The summed E-state index contributed by atoms with van der Waals surface area (Å²) in [5, 5.41) is 2.87. The number of carbonyl (C=O) groups is 3. The highest BCUT2D eigenvalue weighted by Crippen LogP contribution is 2.25. The number of nitrogens with zero attached hydrogens (tertiary/aromatic N) is 2. The monoisotopic (exact) mass is 347 g/mol. The third-order valence-electron chi connectivity index (χ3n) is 4.33. The molecule has 0 aliphatic carbocycles. The zero-order valence-corrected chi connectivity index (χ0v) is 14.5. The average molecular weight is 347 g/mol. The van der Waals surface area contributed by atoms with E-state index in [0.717, 1.165) is 18.7 Å². The summed E-state index contributed by atoms with van der Waals surface area (Å²) in [5.41, 5.74) is 1.53. The molecule has 1 aromatic carbocycles. The molecule has 2 aliphatic rings. The lowest BCUT2D eigenvalue weighted by molar-refractivity contribution is -0.135. The van der Waals surface area contributed by atoms with E-state index in [4.69, 9.17) is 0 Å². The van der Waals surface area contributed by atoms with Gasteiger partial charge >= 0.3 is 0 Å². The molecule has 0 aromatic heterocycles. The molecule has 7 heteroatoms. The van der Waals surface area contributed by atoms with E-state index < -0.39 is 6.04 Å². The van der Waals surface area contributed by atoms with Crippen molar-refractivity contribution >= 4 is 40.9 Å². The van der Waals surface area contributed by atoms with Gasteiger partial charge in [-0.25, -0.2) is 0 Å². The molecule has 3 rings (SSSR count). The highest BCUT2D eigenvalue weighted by molar-refractivity contribution is 7.99. The molecule has 6 nitrogen and oxygen atoms in total. The summed E-state index contributed by atoms with van der Waals surface area (Å²) < 4.78 is 0. The minimum atomic E-state index is -0.415. The summed E-state index contributed by atoms with van der Waals surface area (Å²) in [6, 6.07) is 6.87. The number of hydrogen-bond acceptors (Lipinski definition) is 4. The number of amides is 3. The summed E-state index contributed by atoms with van der Waals surface area (Å²) >= 11 is 1.59. The van der Waals surface area contributed by atoms with E-state index in [2.05, 4.69) is 5.32 Å². The van der Waals surface area contributed by atoms with Crippen LogP contribution in [-0.4, -0.2) is 46.8 Å². The highest BCUT2D eigenvalue weighted by Gasteiger charge is 2.33. The van der Waals surface area contributed by atoms with Gasteiger partial charge in [-0.3, -0.25) is 14.4 Å². The number of carbonyl (C=O) groups excluding carboxylic acids is 3. The maximum Gasteiger partial charge on any atom is 0.248 e. The Bertz CT molecular complexity index is 647. The quantitative estimate of drug-likeness (QED) is 0.905. The number of hydrogen-bond donors (Lipinski definition) is 1. The zero-order valence-electron chi connectivity index (χ0n) is 13.7.